The van der Waals surface area contributed by atoms with Crippen molar-refractivity contribution >= 4 is 45.7 Å². The van der Waals surface area contributed by atoms with Crippen molar-refractivity contribution in [3.05, 3.63) is 46.1 Å². The zero-order valence-corrected chi connectivity index (χ0v) is 17.4. The Morgan fingerprint density at radius 1 is 1.33 bits per heavy atom. The molecule has 2 atom stereocenters. The van der Waals surface area contributed by atoms with Crippen LogP contribution in [0.4, 0.5) is 23.4 Å². The van der Waals surface area contributed by atoms with Gasteiger partial charge in [0.2, 0.25) is 5.28 Å². The molecule has 2 aromatic rings. The molecule has 0 bridgehead atoms. The van der Waals surface area contributed by atoms with Crippen LogP contribution >= 0.6 is 23.2 Å². The lowest BCUT2D eigenvalue weighted by Gasteiger charge is -2.20. The van der Waals surface area contributed by atoms with E-state index in [2.05, 4.69) is 9.97 Å². The number of rotatable bonds is 5. The van der Waals surface area contributed by atoms with Crippen molar-refractivity contribution in [3.8, 4) is 0 Å². The summed E-state index contributed by atoms with van der Waals surface area (Å²) in [4.78, 5) is 21.7. The van der Waals surface area contributed by atoms with Crippen molar-refractivity contribution in [2.45, 2.75) is 22.7 Å². The second kappa shape index (κ2) is 9.03. The van der Waals surface area contributed by atoms with Gasteiger partial charge in [0.25, 0.3) is 5.91 Å². The van der Waals surface area contributed by atoms with Gasteiger partial charge in [0.15, 0.2) is 0 Å². The fourth-order valence-corrected chi connectivity index (χ4v) is 4.91. The monoisotopic (exact) mass is 484 g/mol. The Labute approximate surface area is 181 Å². The summed E-state index contributed by atoms with van der Waals surface area (Å²) in [6.07, 6.45) is -3.11. The predicted molar refractivity (Wildman–Crippen MR) is 104 cm³/mol. The third-order valence-corrected chi connectivity index (χ3v) is 6.68. The number of halogens is 6. The molecule has 13 heteroatoms. The first-order valence-electron chi connectivity index (χ1n) is 8.53. The zero-order valence-electron chi connectivity index (χ0n) is 15.0. The predicted octanol–water partition coefficient (Wildman–Crippen LogP) is 3.60. The van der Waals surface area contributed by atoms with Gasteiger partial charge in [0.05, 0.1) is 26.0 Å². The van der Waals surface area contributed by atoms with Gasteiger partial charge in [-0.3, -0.25) is 9.00 Å². The highest BCUT2D eigenvalue weighted by atomic mass is 35.5. The number of carbonyl (C=O) groups is 1. The van der Waals surface area contributed by atoms with Gasteiger partial charge in [-0.05, 0) is 36.2 Å². The van der Waals surface area contributed by atoms with Crippen molar-refractivity contribution in [2.24, 2.45) is 0 Å². The molecule has 2 unspecified atom stereocenters. The molecule has 1 aliphatic heterocycles. The fraction of sp³-hybridized carbons (Fsp3) is 0.353. The van der Waals surface area contributed by atoms with Gasteiger partial charge < -0.3 is 10.2 Å². The number of benzene rings is 1. The Morgan fingerprint density at radius 3 is 2.73 bits per heavy atom. The lowest BCUT2D eigenvalue weighted by Crippen LogP contribution is -2.35. The second-order valence-corrected chi connectivity index (χ2v) is 8.85. The van der Waals surface area contributed by atoms with E-state index in [0.717, 1.165) is 18.3 Å². The van der Waals surface area contributed by atoms with Gasteiger partial charge in [0, 0.05) is 19.3 Å². The molecule has 1 aromatic heterocycles. The van der Waals surface area contributed by atoms with Crippen LogP contribution in [-0.4, -0.2) is 51.1 Å². The smallest absolute Gasteiger partial charge is 0.355 e. The number of carbonyl (C=O) groups excluding carboxylic acids is 1. The summed E-state index contributed by atoms with van der Waals surface area (Å²) in [6, 6.07) is 3.56. The minimum Gasteiger partial charge on any atom is -0.355 e. The highest BCUT2D eigenvalue weighted by Gasteiger charge is 2.33. The third kappa shape index (κ3) is 5.38. The maximum atomic E-state index is 13.2. The summed E-state index contributed by atoms with van der Waals surface area (Å²) in [5, 5.41) is 1.19. The van der Waals surface area contributed by atoms with E-state index in [-0.39, 0.29) is 33.1 Å². The molecule has 6 nitrogen and oxygen atoms in total. The summed E-state index contributed by atoms with van der Waals surface area (Å²) < 4.78 is 63.3. The first-order valence-corrected chi connectivity index (χ1v) is 10.5. The van der Waals surface area contributed by atoms with E-state index in [4.69, 9.17) is 23.2 Å². The Hall–Kier alpha value is -1.98. The normalized spacial score (nSPS) is 17.8. The molecule has 2 heterocycles. The Balaban J connectivity index is 1.79. The summed E-state index contributed by atoms with van der Waals surface area (Å²) in [6.45, 7) is -1.01. The number of amides is 1. The minimum atomic E-state index is -4.58. The van der Waals surface area contributed by atoms with E-state index >= 15 is 0 Å². The summed E-state index contributed by atoms with van der Waals surface area (Å²) in [5.41, 5.74) is -0.185. The van der Waals surface area contributed by atoms with Crippen molar-refractivity contribution in [1.29, 1.82) is 0 Å². The van der Waals surface area contributed by atoms with E-state index < -0.39 is 40.5 Å². The first kappa shape index (κ1) is 22.7. The average Bonchev–Trinajstić information content (AvgIpc) is 3.15. The molecule has 1 N–H and O–H groups in total. The lowest BCUT2D eigenvalue weighted by molar-refractivity contribution is -0.123. The molecule has 0 radical (unpaired) electrons. The van der Waals surface area contributed by atoms with E-state index in [1.807, 2.05) is 0 Å². The SMILES string of the molecule is O=C(NCC(F)(F)F)c1cnc(Cl)nc1N1CCC(S(=O)c2ccc(F)cc2Cl)C1. The Morgan fingerprint density at radius 2 is 2.07 bits per heavy atom. The van der Waals surface area contributed by atoms with Crippen LogP contribution in [0.1, 0.15) is 16.8 Å². The molecular formula is C17H14Cl2F4N4O2S. The van der Waals surface area contributed by atoms with Crippen LogP contribution in [-0.2, 0) is 10.8 Å². The zero-order chi connectivity index (χ0) is 22.1. The van der Waals surface area contributed by atoms with Crippen LogP contribution in [0, 0.1) is 5.82 Å². The highest BCUT2D eigenvalue weighted by molar-refractivity contribution is 7.85. The third-order valence-electron chi connectivity index (χ3n) is 4.29. The molecule has 0 aliphatic carbocycles. The fourth-order valence-electron chi connectivity index (χ4n) is 2.94. The van der Waals surface area contributed by atoms with Crippen LogP contribution < -0.4 is 10.2 Å². The molecule has 1 aromatic carbocycles. The average molecular weight is 485 g/mol. The molecule has 3 rings (SSSR count). The van der Waals surface area contributed by atoms with Crippen molar-refractivity contribution in [2.75, 3.05) is 24.5 Å². The van der Waals surface area contributed by atoms with Crippen molar-refractivity contribution in [3.63, 3.8) is 0 Å². The molecule has 1 fully saturated rings. The van der Waals surface area contributed by atoms with E-state index in [1.54, 1.807) is 10.2 Å². The van der Waals surface area contributed by atoms with Gasteiger partial charge in [-0.2, -0.15) is 18.2 Å². The number of alkyl halides is 3. The number of hydrogen-bond acceptors (Lipinski definition) is 5. The van der Waals surface area contributed by atoms with Gasteiger partial charge >= 0.3 is 6.18 Å². The van der Waals surface area contributed by atoms with Gasteiger partial charge in [0.1, 0.15) is 23.7 Å². The largest absolute Gasteiger partial charge is 0.405 e. The lowest BCUT2D eigenvalue weighted by atomic mass is 10.2. The quantitative estimate of drug-likeness (QED) is 0.518. The summed E-state index contributed by atoms with van der Waals surface area (Å²) in [5.74, 6) is -1.52. The van der Waals surface area contributed by atoms with Crippen molar-refractivity contribution < 1.29 is 26.6 Å². The molecule has 1 aliphatic rings. The van der Waals surface area contributed by atoms with Gasteiger partial charge in [-0.1, -0.05) is 11.6 Å². The van der Waals surface area contributed by atoms with Crippen LogP contribution in [0.5, 0.6) is 0 Å². The standard InChI is InChI=1S/C17H14Cl2F4N4O2S/c18-12-5-9(20)1-2-13(12)30(29)10-3-4-27(7-10)14-11(6-24-16(19)26-14)15(28)25-8-17(21,22)23/h1-2,5-6,10H,3-4,7-8H2,(H,25,28). The summed E-state index contributed by atoms with van der Waals surface area (Å²) >= 11 is 11.8. The number of hydrogen-bond donors (Lipinski definition) is 1. The van der Waals surface area contributed by atoms with Crippen LogP contribution in [0.2, 0.25) is 10.3 Å². The number of aromatic nitrogens is 2. The molecule has 0 spiro atoms. The van der Waals surface area contributed by atoms with Crippen LogP contribution in [0.25, 0.3) is 0 Å². The molecule has 0 saturated carbocycles. The van der Waals surface area contributed by atoms with Crippen LogP contribution in [0.3, 0.4) is 0 Å². The Bertz CT molecular complexity index is 993. The molecule has 1 saturated heterocycles. The maximum Gasteiger partial charge on any atom is 0.405 e. The van der Waals surface area contributed by atoms with Crippen molar-refractivity contribution in [1.82, 2.24) is 15.3 Å². The number of nitrogens with one attached hydrogen (secondary N) is 1. The van der Waals surface area contributed by atoms with E-state index in [9.17, 15) is 26.6 Å². The van der Waals surface area contributed by atoms with Gasteiger partial charge in [-0.15, -0.1) is 0 Å². The highest BCUT2D eigenvalue weighted by Crippen LogP contribution is 2.30. The van der Waals surface area contributed by atoms with E-state index in [1.165, 1.54) is 6.07 Å². The second-order valence-electron chi connectivity index (χ2n) is 6.40. The molecule has 162 valence electrons. The maximum absolute atomic E-state index is 13.2. The van der Waals surface area contributed by atoms with E-state index in [0.29, 0.717) is 13.0 Å². The molecular weight excluding hydrogens is 471 g/mol. The molecule has 1 amide bonds. The number of anilines is 1. The first-order chi connectivity index (χ1) is 14.0. The van der Waals surface area contributed by atoms with Crippen LogP contribution in [0.15, 0.2) is 29.3 Å². The topological polar surface area (TPSA) is 75.2 Å². The number of nitrogens with zero attached hydrogens (tertiary/aromatic N) is 3. The minimum absolute atomic E-state index is 0.0316. The summed E-state index contributed by atoms with van der Waals surface area (Å²) in [7, 11) is -1.58. The molecule has 30 heavy (non-hydrogen) atoms. The van der Waals surface area contributed by atoms with Gasteiger partial charge in [-0.25, -0.2) is 9.37 Å². The Kier molecular flexibility index (Phi) is 6.83.